The SMILES string of the molecule is CC/C(=C\c1ccccc1)C(=O)NCCCc1cccnc1. The van der Waals surface area contributed by atoms with Crippen LogP contribution >= 0.6 is 0 Å². The van der Waals surface area contributed by atoms with Gasteiger partial charge in [-0.15, -0.1) is 0 Å². The van der Waals surface area contributed by atoms with Crippen LogP contribution in [0.25, 0.3) is 6.08 Å². The van der Waals surface area contributed by atoms with Gasteiger partial charge in [-0.25, -0.2) is 0 Å². The van der Waals surface area contributed by atoms with Gasteiger partial charge in [0.25, 0.3) is 0 Å². The van der Waals surface area contributed by atoms with Crippen molar-refractivity contribution in [3.63, 3.8) is 0 Å². The molecule has 0 aliphatic heterocycles. The molecule has 0 fully saturated rings. The molecule has 0 spiro atoms. The van der Waals surface area contributed by atoms with Crippen molar-refractivity contribution in [2.45, 2.75) is 26.2 Å². The summed E-state index contributed by atoms with van der Waals surface area (Å²) in [4.78, 5) is 16.3. The Labute approximate surface area is 132 Å². The molecule has 3 nitrogen and oxygen atoms in total. The highest BCUT2D eigenvalue weighted by molar-refractivity contribution is 5.97. The summed E-state index contributed by atoms with van der Waals surface area (Å²) in [5.74, 6) is 0.0255. The molecule has 0 saturated heterocycles. The van der Waals surface area contributed by atoms with E-state index in [1.165, 1.54) is 5.56 Å². The van der Waals surface area contributed by atoms with Gasteiger partial charge in [0.05, 0.1) is 0 Å². The Hall–Kier alpha value is -2.42. The van der Waals surface area contributed by atoms with Crippen molar-refractivity contribution in [1.82, 2.24) is 10.3 Å². The number of nitrogens with one attached hydrogen (secondary N) is 1. The summed E-state index contributed by atoms with van der Waals surface area (Å²) in [5, 5.41) is 3.00. The predicted molar refractivity (Wildman–Crippen MR) is 90.3 cm³/mol. The van der Waals surface area contributed by atoms with Gasteiger partial charge in [0, 0.05) is 24.5 Å². The molecular weight excluding hydrogens is 272 g/mol. The maximum atomic E-state index is 12.2. The number of carbonyl (C=O) groups excluding carboxylic acids is 1. The third-order valence-electron chi connectivity index (χ3n) is 3.46. The molecule has 0 aliphatic carbocycles. The molecule has 0 atom stereocenters. The number of hydrogen-bond acceptors (Lipinski definition) is 2. The number of aromatic nitrogens is 1. The Bertz CT molecular complexity index is 606. The Balaban J connectivity index is 1.81. The molecule has 114 valence electrons. The number of amides is 1. The number of hydrogen-bond donors (Lipinski definition) is 1. The van der Waals surface area contributed by atoms with Crippen LogP contribution in [0, 0.1) is 0 Å². The van der Waals surface area contributed by atoms with Gasteiger partial charge in [-0.1, -0.05) is 43.3 Å². The second-order valence-corrected chi connectivity index (χ2v) is 5.15. The monoisotopic (exact) mass is 294 g/mol. The zero-order valence-corrected chi connectivity index (χ0v) is 13.0. The van der Waals surface area contributed by atoms with Crippen LogP contribution in [0.15, 0.2) is 60.4 Å². The van der Waals surface area contributed by atoms with Gasteiger partial charge in [0.15, 0.2) is 0 Å². The zero-order chi connectivity index (χ0) is 15.6. The maximum Gasteiger partial charge on any atom is 0.247 e. The molecule has 2 aromatic rings. The predicted octanol–water partition coefficient (Wildman–Crippen LogP) is 3.62. The Morgan fingerprint density at radius 3 is 2.68 bits per heavy atom. The number of rotatable bonds is 7. The van der Waals surface area contributed by atoms with Crippen molar-refractivity contribution in [2.75, 3.05) is 6.54 Å². The van der Waals surface area contributed by atoms with Gasteiger partial charge in [0.2, 0.25) is 5.91 Å². The average Bonchev–Trinajstić information content (AvgIpc) is 2.58. The first-order valence-electron chi connectivity index (χ1n) is 7.72. The molecule has 2 rings (SSSR count). The van der Waals surface area contributed by atoms with Gasteiger partial charge in [-0.2, -0.15) is 0 Å². The van der Waals surface area contributed by atoms with E-state index in [9.17, 15) is 4.79 Å². The topological polar surface area (TPSA) is 42.0 Å². The lowest BCUT2D eigenvalue weighted by Gasteiger charge is -2.07. The standard InChI is InChI=1S/C19H22N2O/c1-2-18(14-16-8-4-3-5-9-16)19(22)21-13-7-11-17-10-6-12-20-15-17/h3-6,8-10,12,14-15H,2,7,11,13H2,1H3,(H,21,22)/b18-14+. The van der Waals surface area contributed by atoms with Crippen molar-refractivity contribution < 1.29 is 4.79 Å². The molecule has 22 heavy (non-hydrogen) atoms. The summed E-state index contributed by atoms with van der Waals surface area (Å²) in [5.41, 5.74) is 3.07. The first-order chi connectivity index (χ1) is 10.8. The molecule has 0 saturated carbocycles. The van der Waals surface area contributed by atoms with Crippen LogP contribution in [0.1, 0.15) is 30.9 Å². The lowest BCUT2D eigenvalue weighted by atomic mass is 10.1. The van der Waals surface area contributed by atoms with Crippen LogP contribution in [-0.4, -0.2) is 17.4 Å². The first kappa shape index (κ1) is 16.0. The fourth-order valence-corrected chi connectivity index (χ4v) is 2.23. The van der Waals surface area contributed by atoms with Crippen LogP contribution in [0.2, 0.25) is 0 Å². The number of benzene rings is 1. The van der Waals surface area contributed by atoms with Crippen molar-refractivity contribution >= 4 is 12.0 Å². The summed E-state index contributed by atoms with van der Waals surface area (Å²) < 4.78 is 0. The molecule has 1 aromatic carbocycles. The van der Waals surface area contributed by atoms with E-state index in [0.29, 0.717) is 6.54 Å². The lowest BCUT2D eigenvalue weighted by molar-refractivity contribution is -0.117. The Morgan fingerprint density at radius 2 is 2.00 bits per heavy atom. The zero-order valence-electron chi connectivity index (χ0n) is 13.0. The molecular formula is C19H22N2O. The third kappa shape index (κ3) is 5.17. The smallest absolute Gasteiger partial charge is 0.247 e. The second kappa shape index (κ2) is 8.78. The highest BCUT2D eigenvalue weighted by Crippen LogP contribution is 2.09. The van der Waals surface area contributed by atoms with Gasteiger partial charge in [0.1, 0.15) is 0 Å². The second-order valence-electron chi connectivity index (χ2n) is 5.15. The summed E-state index contributed by atoms with van der Waals surface area (Å²) in [6.07, 6.45) is 8.17. The fourth-order valence-electron chi connectivity index (χ4n) is 2.23. The largest absolute Gasteiger partial charge is 0.352 e. The number of pyridine rings is 1. The van der Waals surface area contributed by atoms with Crippen molar-refractivity contribution in [2.24, 2.45) is 0 Å². The maximum absolute atomic E-state index is 12.2. The fraction of sp³-hybridized carbons (Fsp3) is 0.263. The van der Waals surface area contributed by atoms with Crippen LogP contribution in [0.5, 0.6) is 0 Å². The van der Waals surface area contributed by atoms with Gasteiger partial charge in [-0.05, 0) is 42.5 Å². The van der Waals surface area contributed by atoms with Crippen LogP contribution in [-0.2, 0) is 11.2 Å². The van der Waals surface area contributed by atoms with Crippen molar-refractivity contribution in [1.29, 1.82) is 0 Å². The van der Waals surface area contributed by atoms with E-state index in [1.807, 2.05) is 55.6 Å². The Kier molecular flexibility index (Phi) is 6.37. The first-order valence-corrected chi connectivity index (χ1v) is 7.72. The molecule has 1 N–H and O–H groups in total. The van der Waals surface area contributed by atoms with Crippen LogP contribution in [0.4, 0.5) is 0 Å². The minimum Gasteiger partial charge on any atom is -0.352 e. The molecule has 0 aliphatic rings. The van der Waals surface area contributed by atoms with E-state index < -0.39 is 0 Å². The minimum atomic E-state index is 0.0255. The van der Waals surface area contributed by atoms with Gasteiger partial charge < -0.3 is 5.32 Å². The highest BCUT2D eigenvalue weighted by Gasteiger charge is 2.06. The summed E-state index contributed by atoms with van der Waals surface area (Å²) in [7, 11) is 0. The van der Waals surface area contributed by atoms with Crippen molar-refractivity contribution in [3.05, 3.63) is 71.6 Å². The number of nitrogens with zero attached hydrogens (tertiary/aromatic N) is 1. The Morgan fingerprint density at radius 1 is 1.18 bits per heavy atom. The average molecular weight is 294 g/mol. The van der Waals surface area contributed by atoms with E-state index in [2.05, 4.69) is 16.4 Å². The van der Waals surface area contributed by atoms with Gasteiger partial charge >= 0.3 is 0 Å². The minimum absolute atomic E-state index is 0.0255. The van der Waals surface area contributed by atoms with E-state index in [0.717, 1.165) is 30.4 Å². The van der Waals surface area contributed by atoms with Crippen LogP contribution in [0.3, 0.4) is 0 Å². The molecule has 0 radical (unpaired) electrons. The molecule has 1 aromatic heterocycles. The van der Waals surface area contributed by atoms with E-state index >= 15 is 0 Å². The van der Waals surface area contributed by atoms with Gasteiger partial charge in [-0.3, -0.25) is 9.78 Å². The van der Waals surface area contributed by atoms with E-state index in [1.54, 1.807) is 6.20 Å². The number of aryl methyl sites for hydroxylation is 1. The highest BCUT2D eigenvalue weighted by atomic mass is 16.1. The summed E-state index contributed by atoms with van der Waals surface area (Å²) >= 11 is 0. The summed E-state index contributed by atoms with van der Waals surface area (Å²) in [6.45, 7) is 2.68. The molecule has 0 unspecified atom stereocenters. The summed E-state index contributed by atoms with van der Waals surface area (Å²) in [6, 6.07) is 13.9. The van der Waals surface area contributed by atoms with E-state index in [-0.39, 0.29) is 5.91 Å². The normalized spacial score (nSPS) is 11.2. The third-order valence-corrected chi connectivity index (χ3v) is 3.46. The molecule has 1 amide bonds. The molecule has 1 heterocycles. The molecule has 3 heteroatoms. The van der Waals surface area contributed by atoms with Crippen molar-refractivity contribution in [3.8, 4) is 0 Å². The van der Waals surface area contributed by atoms with Crippen LogP contribution < -0.4 is 5.32 Å². The lowest BCUT2D eigenvalue weighted by Crippen LogP contribution is -2.26. The van der Waals surface area contributed by atoms with E-state index in [4.69, 9.17) is 0 Å². The molecule has 0 bridgehead atoms. The quantitative estimate of drug-likeness (QED) is 0.626. The number of carbonyl (C=O) groups is 1.